The number of hydrogen-bond donors (Lipinski definition) is 0. The fourth-order valence-electron chi connectivity index (χ4n) is 4.09. The van der Waals surface area contributed by atoms with Crippen molar-refractivity contribution in [1.82, 2.24) is 9.80 Å². The number of benzene rings is 1. The second kappa shape index (κ2) is 8.80. The molecule has 0 radical (unpaired) electrons. The molecule has 2 aliphatic rings. The highest BCUT2D eigenvalue weighted by atomic mass is 16.6. The average molecular weight is 375 g/mol. The Morgan fingerprint density at radius 1 is 1.15 bits per heavy atom. The summed E-state index contributed by atoms with van der Waals surface area (Å²) < 4.78 is 5.73. The number of nitro groups is 1. The van der Waals surface area contributed by atoms with Gasteiger partial charge in [-0.15, -0.1) is 0 Å². The Morgan fingerprint density at radius 3 is 2.30 bits per heavy atom. The van der Waals surface area contributed by atoms with Crippen molar-refractivity contribution in [3.8, 4) is 0 Å². The summed E-state index contributed by atoms with van der Waals surface area (Å²) >= 11 is 0. The lowest BCUT2D eigenvalue weighted by molar-refractivity contribution is -0.384. The first kappa shape index (κ1) is 19.8. The number of ether oxygens (including phenoxy) is 1. The Hall–Kier alpha value is -1.99. The Kier molecular flexibility index (Phi) is 6.44. The SMILES string of the molecule is C[C@@H]1CN(C(=O)C2CCN(CCc3ccc([N+](=O)[O-])cc3)CC2)C[C@@H](C)O1. The number of amides is 1. The number of carbonyl (C=O) groups excluding carboxylic acids is 1. The maximum Gasteiger partial charge on any atom is 0.269 e. The summed E-state index contributed by atoms with van der Waals surface area (Å²) in [4.78, 5) is 27.5. The minimum Gasteiger partial charge on any atom is -0.372 e. The van der Waals surface area contributed by atoms with Gasteiger partial charge in [-0.3, -0.25) is 14.9 Å². The van der Waals surface area contributed by atoms with E-state index in [0.29, 0.717) is 13.1 Å². The number of hydrogen-bond acceptors (Lipinski definition) is 5. The van der Waals surface area contributed by atoms with E-state index < -0.39 is 0 Å². The van der Waals surface area contributed by atoms with Crippen LogP contribution in [0.25, 0.3) is 0 Å². The molecule has 0 N–H and O–H groups in total. The topological polar surface area (TPSA) is 75.9 Å². The molecule has 7 nitrogen and oxygen atoms in total. The molecule has 0 spiro atoms. The van der Waals surface area contributed by atoms with Gasteiger partial charge in [-0.1, -0.05) is 12.1 Å². The van der Waals surface area contributed by atoms with Crippen molar-refractivity contribution in [3.63, 3.8) is 0 Å². The largest absolute Gasteiger partial charge is 0.372 e. The van der Waals surface area contributed by atoms with E-state index >= 15 is 0 Å². The van der Waals surface area contributed by atoms with E-state index in [0.717, 1.165) is 44.5 Å². The van der Waals surface area contributed by atoms with E-state index in [1.165, 1.54) is 0 Å². The van der Waals surface area contributed by atoms with Gasteiger partial charge in [0.1, 0.15) is 0 Å². The van der Waals surface area contributed by atoms with Gasteiger partial charge in [-0.2, -0.15) is 0 Å². The molecular weight excluding hydrogens is 346 g/mol. The Labute approximate surface area is 160 Å². The van der Waals surface area contributed by atoms with Crippen molar-refractivity contribution in [1.29, 1.82) is 0 Å². The third-order valence-electron chi connectivity index (χ3n) is 5.53. The van der Waals surface area contributed by atoms with Crippen molar-refractivity contribution in [2.24, 2.45) is 5.92 Å². The van der Waals surface area contributed by atoms with Crippen LogP contribution in [0, 0.1) is 16.0 Å². The van der Waals surface area contributed by atoms with Crippen LogP contribution in [0.1, 0.15) is 32.3 Å². The number of piperidine rings is 1. The summed E-state index contributed by atoms with van der Waals surface area (Å²) in [5.41, 5.74) is 1.24. The first-order valence-electron chi connectivity index (χ1n) is 9.82. The molecule has 2 fully saturated rings. The van der Waals surface area contributed by atoms with Crippen LogP contribution >= 0.6 is 0 Å². The molecule has 27 heavy (non-hydrogen) atoms. The molecule has 148 valence electrons. The number of nitrogens with zero attached hydrogens (tertiary/aromatic N) is 3. The first-order valence-corrected chi connectivity index (χ1v) is 9.82. The van der Waals surface area contributed by atoms with Crippen LogP contribution in [0.2, 0.25) is 0 Å². The molecule has 3 rings (SSSR count). The summed E-state index contributed by atoms with van der Waals surface area (Å²) in [6.07, 6.45) is 2.90. The van der Waals surface area contributed by atoms with Gasteiger partial charge in [-0.25, -0.2) is 0 Å². The first-order chi connectivity index (χ1) is 12.9. The van der Waals surface area contributed by atoms with Crippen LogP contribution < -0.4 is 0 Å². The van der Waals surface area contributed by atoms with E-state index in [9.17, 15) is 14.9 Å². The molecule has 2 aliphatic heterocycles. The van der Waals surface area contributed by atoms with E-state index in [1.807, 2.05) is 30.9 Å². The number of carbonyl (C=O) groups is 1. The lowest BCUT2D eigenvalue weighted by atomic mass is 9.94. The van der Waals surface area contributed by atoms with E-state index in [1.54, 1.807) is 12.1 Å². The molecule has 2 heterocycles. The number of likely N-dealkylation sites (tertiary alicyclic amines) is 1. The van der Waals surface area contributed by atoms with Crippen LogP contribution in [0.3, 0.4) is 0 Å². The summed E-state index contributed by atoms with van der Waals surface area (Å²) in [6.45, 7) is 8.22. The maximum absolute atomic E-state index is 12.8. The minimum atomic E-state index is -0.373. The van der Waals surface area contributed by atoms with Crippen LogP contribution in [-0.2, 0) is 16.0 Å². The Morgan fingerprint density at radius 2 is 1.74 bits per heavy atom. The Bertz CT molecular complexity index is 646. The zero-order valence-electron chi connectivity index (χ0n) is 16.2. The lowest BCUT2D eigenvalue weighted by Crippen LogP contribution is -2.51. The van der Waals surface area contributed by atoms with E-state index in [4.69, 9.17) is 4.74 Å². The van der Waals surface area contributed by atoms with Crippen molar-refractivity contribution in [2.75, 3.05) is 32.7 Å². The molecule has 0 saturated carbocycles. The highest BCUT2D eigenvalue weighted by Gasteiger charge is 2.32. The molecule has 0 aromatic heterocycles. The van der Waals surface area contributed by atoms with Crippen molar-refractivity contribution >= 4 is 11.6 Å². The number of morpholine rings is 1. The fourth-order valence-corrected chi connectivity index (χ4v) is 4.09. The van der Waals surface area contributed by atoms with E-state index in [2.05, 4.69) is 4.90 Å². The quantitative estimate of drug-likeness (QED) is 0.584. The van der Waals surface area contributed by atoms with Gasteiger partial charge in [0.15, 0.2) is 0 Å². The second-order valence-corrected chi connectivity index (χ2v) is 7.79. The van der Waals surface area contributed by atoms with Gasteiger partial charge in [0, 0.05) is 37.7 Å². The monoisotopic (exact) mass is 375 g/mol. The molecule has 2 saturated heterocycles. The highest BCUT2D eigenvalue weighted by molar-refractivity contribution is 5.79. The van der Waals surface area contributed by atoms with Crippen LogP contribution in [0.5, 0.6) is 0 Å². The zero-order valence-corrected chi connectivity index (χ0v) is 16.2. The molecule has 1 amide bonds. The molecule has 0 unspecified atom stereocenters. The number of non-ortho nitro benzene ring substituents is 1. The molecule has 1 aromatic carbocycles. The normalized spacial score (nSPS) is 24.7. The summed E-state index contributed by atoms with van der Waals surface area (Å²) in [6, 6.07) is 6.78. The van der Waals surface area contributed by atoms with Gasteiger partial charge in [-0.05, 0) is 51.8 Å². The second-order valence-electron chi connectivity index (χ2n) is 7.79. The lowest BCUT2D eigenvalue weighted by Gasteiger charge is -2.39. The van der Waals surface area contributed by atoms with Crippen molar-refractivity contribution in [2.45, 2.75) is 45.3 Å². The highest BCUT2D eigenvalue weighted by Crippen LogP contribution is 2.22. The summed E-state index contributed by atoms with van der Waals surface area (Å²) in [5, 5.41) is 10.7. The smallest absolute Gasteiger partial charge is 0.269 e. The molecule has 7 heteroatoms. The fraction of sp³-hybridized carbons (Fsp3) is 0.650. The number of nitro benzene ring substituents is 1. The van der Waals surface area contributed by atoms with Crippen molar-refractivity contribution < 1.29 is 14.5 Å². The Balaban J connectivity index is 1.43. The molecule has 0 aliphatic carbocycles. The predicted octanol–water partition coefficient (Wildman–Crippen LogP) is 2.49. The molecule has 2 atom stereocenters. The van der Waals surface area contributed by atoms with Gasteiger partial charge in [0.2, 0.25) is 5.91 Å². The van der Waals surface area contributed by atoms with Crippen LogP contribution in [0.4, 0.5) is 5.69 Å². The summed E-state index contributed by atoms with van der Waals surface area (Å²) in [5.74, 6) is 0.408. The zero-order chi connectivity index (χ0) is 19.4. The minimum absolute atomic E-state index is 0.111. The van der Waals surface area contributed by atoms with Crippen LogP contribution in [0.15, 0.2) is 24.3 Å². The molecular formula is C20H29N3O4. The third kappa shape index (κ3) is 5.26. The van der Waals surface area contributed by atoms with Gasteiger partial charge >= 0.3 is 0 Å². The summed E-state index contributed by atoms with van der Waals surface area (Å²) in [7, 11) is 0. The average Bonchev–Trinajstić information content (AvgIpc) is 2.66. The standard InChI is InChI=1S/C20H29N3O4/c1-15-13-22(14-16(2)27-15)20(24)18-8-11-21(12-9-18)10-7-17-3-5-19(6-4-17)23(25)26/h3-6,15-16,18H,7-14H2,1-2H3/t15-,16-/m1/s1. The molecule has 1 aromatic rings. The van der Waals surface area contributed by atoms with Crippen LogP contribution in [-0.4, -0.2) is 65.6 Å². The van der Waals surface area contributed by atoms with Gasteiger partial charge in [0.05, 0.1) is 17.1 Å². The predicted molar refractivity (Wildman–Crippen MR) is 103 cm³/mol. The van der Waals surface area contributed by atoms with Gasteiger partial charge in [0.25, 0.3) is 5.69 Å². The van der Waals surface area contributed by atoms with Gasteiger partial charge < -0.3 is 14.5 Å². The molecule has 0 bridgehead atoms. The number of rotatable bonds is 5. The third-order valence-corrected chi connectivity index (χ3v) is 5.53. The van der Waals surface area contributed by atoms with Crippen molar-refractivity contribution in [3.05, 3.63) is 39.9 Å². The van der Waals surface area contributed by atoms with E-state index in [-0.39, 0.29) is 34.6 Å². The maximum atomic E-state index is 12.8.